The van der Waals surface area contributed by atoms with Crippen molar-refractivity contribution in [3.8, 4) is 0 Å². The molecule has 208 valence electrons. The summed E-state index contributed by atoms with van der Waals surface area (Å²) in [6, 6.07) is 46.1. The van der Waals surface area contributed by atoms with E-state index in [9.17, 15) is 18.0 Å². The summed E-state index contributed by atoms with van der Waals surface area (Å²) < 4.78 is 30.2. The molecule has 5 aromatic carbocycles. The van der Waals surface area contributed by atoms with E-state index in [-0.39, 0.29) is 0 Å². The normalized spacial score (nSPS) is 11.5. The number of carboxylic acids is 2. The van der Waals surface area contributed by atoms with Crippen molar-refractivity contribution in [2.45, 2.75) is 4.90 Å². The van der Waals surface area contributed by atoms with Crippen molar-refractivity contribution in [3.63, 3.8) is 0 Å². The van der Waals surface area contributed by atoms with Crippen LogP contribution in [0.3, 0.4) is 0 Å². The molecule has 0 aromatic heterocycles. The summed E-state index contributed by atoms with van der Waals surface area (Å²) in [6.45, 7) is 0. The molecule has 7 nitrogen and oxygen atoms in total. The first kappa shape index (κ1) is 29.4. The van der Waals surface area contributed by atoms with Crippen molar-refractivity contribution in [1.82, 2.24) is 0 Å². The molecule has 0 unspecified atom stereocenters. The maximum atomic E-state index is 10.8. The van der Waals surface area contributed by atoms with Gasteiger partial charge in [-0.15, -0.1) is 0 Å². The first-order chi connectivity index (χ1) is 19.6. The zero-order chi connectivity index (χ0) is 29.5. The predicted octanol–water partition coefficient (Wildman–Crippen LogP) is 4.37. The Labute approximate surface area is 238 Å². The number of aromatic carboxylic acids is 2. The van der Waals surface area contributed by atoms with Crippen molar-refractivity contribution in [2.75, 3.05) is 0 Å². The van der Waals surface area contributed by atoms with Gasteiger partial charge in [0, 0.05) is 0 Å². The van der Waals surface area contributed by atoms with Gasteiger partial charge in [-0.05, 0) is 18.2 Å². The van der Waals surface area contributed by atoms with Crippen LogP contribution >= 0.6 is 7.26 Å². The van der Waals surface area contributed by atoms with Gasteiger partial charge in [0.15, 0.2) is 0 Å². The molecule has 0 saturated carbocycles. The SMILES string of the molecule is O=C(O)c1cc(C(=O)O)cc(S(=O)(=O)O)c1.c1ccc([PH](c2ccccc2)(c2ccccc2)c2ccccc2)cc1. The monoisotopic (exact) mass is 586 g/mol. The average molecular weight is 587 g/mol. The quantitative estimate of drug-likeness (QED) is 0.191. The van der Waals surface area contributed by atoms with E-state index in [1.165, 1.54) is 21.2 Å². The zero-order valence-electron chi connectivity index (χ0n) is 21.7. The summed E-state index contributed by atoms with van der Waals surface area (Å²) in [5.74, 6) is -2.99. The minimum atomic E-state index is -4.64. The van der Waals surface area contributed by atoms with E-state index in [1.54, 1.807) is 0 Å². The molecule has 0 saturated heterocycles. The third-order valence-corrected chi connectivity index (χ3v) is 12.2. The molecule has 0 aliphatic carbocycles. The van der Waals surface area contributed by atoms with Crippen LogP contribution in [0.4, 0.5) is 0 Å². The van der Waals surface area contributed by atoms with E-state index in [2.05, 4.69) is 121 Å². The second-order valence-corrected chi connectivity index (χ2v) is 14.3. The van der Waals surface area contributed by atoms with Gasteiger partial charge in [-0.1, -0.05) is 0 Å². The first-order valence-corrected chi connectivity index (χ1v) is 15.9. The first-order valence-electron chi connectivity index (χ1n) is 12.5. The van der Waals surface area contributed by atoms with Gasteiger partial charge in [0.05, 0.1) is 16.0 Å². The fraction of sp³-hybridized carbons (Fsp3) is 0. The van der Waals surface area contributed by atoms with Gasteiger partial charge in [-0.3, -0.25) is 4.55 Å². The van der Waals surface area contributed by atoms with Crippen LogP contribution in [-0.2, 0) is 10.1 Å². The molecule has 3 N–H and O–H groups in total. The molecule has 9 heteroatoms. The molecule has 0 aliphatic heterocycles. The molecule has 0 bridgehead atoms. The Bertz CT molecular complexity index is 1550. The second-order valence-electron chi connectivity index (χ2n) is 9.05. The van der Waals surface area contributed by atoms with Crippen LogP contribution in [0, 0.1) is 0 Å². The molecule has 41 heavy (non-hydrogen) atoms. The predicted molar refractivity (Wildman–Crippen MR) is 163 cm³/mol. The Morgan fingerprint density at radius 2 is 0.756 bits per heavy atom. The molecule has 0 radical (unpaired) electrons. The Morgan fingerprint density at radius 1 is 0.488 bits per heavy atom. The summed E-state index contributed by atoms with van der Waals surface area (Å²) in [4.78, 5) is 20.4. The number of benzene rings is 5. The van der Waals surface area contributed by atoms with Gasteiger partial charge in [0.2, 0.25) is 0 Å². The number of rotatable bonds is 7. The van der Waals surface area contributed by atoms with E-state index >= 15 is 0 Å². The van der Waals surface area contributed by atoms with Crippen LogP contribution in [0.15, 0.2) is 144 Å². The van der Waals surface area contributed by atoms with Crippen molar-refractivity contribution in [2.24, 2.45) is 0 Å². The van der Waals surface area contributed by atoms with Gasteiger partial charge in [0.1, 0.15) is 0 Å². The standard InChI is InChI=1S/C24H21P.C8H6O7S/c1-5-13-21(14-6-1)25(22-15-7-2-8-16-22,23-17-9-3-10-18-23)24-19-11-4-12-20-24;9-7(10)4-1-5(8(11)12)3-6(2-4)16(13,14)15/h1-20,25H;1-3H,(H,9,10)(H,11,12)(H,13,14,15). The Balaban J connectivity index is 0.000000210. The van der Waals surface area contributed by atoms with Crippen molar-refractivity contribution in [1.29, 1.82) is 0 Å². The summed E-state index contributed by atoms with van der Waals surface area (Å²) in [6.07, 6.45) is 0. The fourth-order valence-electron chi connectivity index (χ4n) is 4.75. The number of hydrogen-bond donors (Lipinski definition) is 3. The Hall–Kier alpha value is -4.62. The van der Waals surface area contributed by atoms with Crippen molar-refractivity contribution < 1.29 is 32.8 Å². The van der Waals surface area contributed by atoms with Crippen LogP contribution in [-0.4, -0.2) is 35.1 Å². The molecular formula is C32H27O7PS. The molecule has 0 spiro atoms. The zero-order valence-corrected chi connectivity index (χ0v) is 23.5. The minimum absolute atomic E-state index is 0.535. The van der Waals surface area contributed by atoms with Crippen molar-refractivity contribution >= 4 is 50.5 Å². The van der Waals surface area contributed by atoms with Gasteiger partial charge in [0.25, 0.3) is 10.1 Å². The van der Waals surface area contributed by atoms with E-state index in [0.717, 1.165) is 6.07 Å². The molecular weight excluding hydrogens is 559 g/mol. The van der Waals surface area contributed by atoms with Crippen LogP contribution in [0.2, 0.25) is 0 Å². The number of hydrogen-bond acceptors (Lipinski definition) is 4. The van der Waals surface area contributed by atoms with Crippen LogP contribution in [0.5, 0.6) is 0 Å². The van der Waals surface area contributed by atoms with Gasteiger partial charge < -0.3 is 10.2 Å². The molecule has 0 heterocycles. The number of carbonyl (C=O) groups is 2. The molecule has 5 rings (SSSR count). The van der Waals surface area contributed by atoms with E-state index in [1.807, 2.05) is 0 Å². The summed E-state index contributed by atoms with van der Waals surface area (Å²) in [5.41, 5.74) is -1.07. The molecule has 0 atom stereocenters. The third-order valence-electron chi connectivity index (χ3n) is 6.53. The summed E-state index contributed by atoms with van der Waals surface area (Å²) in [5, 5.41) is 22.9. The van der Waals surface area contributed by atoms with Crippen molar-refractivity contribution in [3.05, 3.63) is 151 Å². The molecule has 0 amide bonds. The van der Waals surface area contributed by atoms with Crippen LogP contribution < -0.4 is 21.2 Å². The van der Waals surface area contributed by atoms with Crippen LogP contribution in [0.1, 0.15) is 20.7 Å². The average Bonchev–Trinajstić information content (AvgIpc) is 2.99. The topological polar surface area (TPSA) is 129 Å². The summed E-state index contributed by atoms with van der Waals surface area (Å²) in [7, 11) is -6.94. The van der Waals surface area contributed by atoms with Gasteiger partial charge in [-0.25, -0.2) is 9.59 Å². The van der Waals surface area contributed by atoms with E-state index < -0.39 is 45.3 Å². The van der Waals surface area contributed by atoms with E-state index in [4.69, 9.17) is 14.8 Å². The van der Waals surface area contributed by atoms with Crippen LogP contribution in [0.25, 0.3) is 0 Å². The fourth-order valence-corrected chi connectivity index (χ4v) is 10.1. The summed E-state index contributed by atoms with van der Waals surface area (Å²) >= 11 is 0. The number of carboxylic acid groups (broad SMARTS) is 2. The molecule has 5 aromatic rings. The van der Waals surface area contributed by atoms with Gasteiger partial charge in [-0.2, -0.15) is 8.42 Å². The third kappa shape index (κ3) is 6.58. The molecule has 0 fully saturated rings. The van der Waals surface area contributed by atoms with Gasteiger partial charge >= 0.3 is 162 Å². The Kier molecular flexibility index (Phi) is 9.10. The molecule has 0 aliphatic rings. The maximum absolute atomic E-state index is 10.8. The second kappa shape index (κ2) is 12.7. The van der Waals surface area contributed by atoms with E-state index in [0.29, 0.717) is 12.1 Å². The Morgan fingerprint density at radius 3 is 0.976 bits per heavy atom.